The first kappa shape index (κ1) is 21.9. The average Bonchev–Trinajstić information content (AvgIpc) is 3.05. The Kier molecular flexibility index (Phi) is 5.38. The van der Waals surface area contributed by atoms with Gasteiger partial charge in [0.2, 0.25) is 0 Å². The lowest BCUT2D eigenvalue weighted by molar-refractivity contribution is 0.478. The summed E-state index contributed by atoms with van der Waals surface area (Å²) in [6.07, 6.45) is 0. The number of hydrogen-bond donors (Lipinski definition) is 2. The van der Waals surface area contributed by atoms with Crippen molar-refractivity contribution in [1.82, 2.24) is 0 Å². The number of phenolic OH excluding ortho intramolecular Hbond substituents is 1. The number of para-hydroxylation sites is 2. The number of hydrogen-bond acceptors (Lipinski definition) is 3. The molecular weight excluding hydrogens is 440 g/mol. The summed E-state index contributed by atoms with van der Waals surface area (Å²) in [7, 11) is 0. The maximum atomic E-state index is 10.6. The van der Waals surface area contributed by atoms with Crippen LogP contribution in [0, 0.1) is 6.92 Å². The van der Waals surface area contributed by atoms with Gasteiger partial charge in [-0.05, 0) is 71.5 Å². The van der Waals surface area contributed by atoms with Crippen LogP contribution in [0.15, 0.2) is 114 Å². The second-order valence-electron chi connectivity index (χ2n) is 9.19. The second-order valence-corrected chi connectivity index (χ2v) is 9.19. The van der Waals surface area contributed by atoms with Crippen LogP contribution in [0.2, 0.25) is 0 Å². The zero-order chi connectivity index (χ0) is 24.6. The summed E-state index contributed by atoms with van der Waals surface area (Å²) in [5.41, 5.74) is 12.6. The summed E-state index contributed by atoms with van der Waals surface area (Å²) >= 11 is 0. The van der Waals surface area contributed by atoms with Crippen molar-refractivity contribution in [3.05, 3.63) is 120 Å². The summed E-state index contributed by atoms with van der Waals surface area (Å²) < 4.78 is 0. The van der Waals surface area contributed by atoms with E-state index in [1.165, 1.54) is 5.56 Å². The quantitative estimate of drug-likeness (QED) is 0.202. The standard InChI is InChI=1S/C33H26N2O/c1-21-8-3-6-12-30(21)34-22(2)23-14-16-24(17-15-23)25-18-19-31-29(20-25)27-10-5-4-9-26(27)28-11-7-13-32(36)33(28)35-31/h3-20,35-36H,1-2H3. The van der Waals surface area contributed by atoms with Crippen molar-refractivity contribution in [1.29, 1.82) is 0 Å². The van der Waals surface area contributed by atoms with Crippen LogP contribution in [0.5, 0.6) is 5.75 Å². The van der Waals surface area contributed by atoms with Crippen molar-refractivity contribution in [2.45, 2.75) is 13.8 Å². The van der Waals surface area contributed by atoms with Crippen LogP contribution in [0.1, 0.15) is 18.1 Å². The molecule has 1 aliphatic rings. The minimum absolute atomic E-state index is 0.248. The zero-order valence-corrected chi connectivity index (χ0v) is 20.3. The highest BCUT2D eigenvalue weighted by Crippen LogP contribution is 2.47. The van der Waals surface area contributed by atoms with Crippen LogP contribution >= 0.6 is 0 Å². The average molecular weight is 467 g/mol. The number of aliphatic imine (C=N–C) groups is 1. The fourth-order valence-electron chi connectivity index (χ4n) is 4.88. The first-order valence-corrected chi connectivity index (χ1v) is 12.1. The van der Waals surface area contributed by atoms with Crippen molar-refractivity contribution in [2.75, 3.05) is 5.32 Å². The van der Waals surface area contributed by atoms with Crippen molar-refractivity contribution in [2.24, 2.45) is 4.99 Å². The minimum atomic E-state index is 0.248. The molecule has 2 N–H and O–H groups in total. The molecule has 3 heteroatoms. The molecule has 0 atom stereocenters. The van der Waals surface area contributed by atoms with Crippen LogP contribution in [0.3, 0.4) is 0 Å². The Morgan fingerprint density at radius 1 is 0.667 bits per heavy atom. The molecule has 0 aliphatic carbocycles. The van der Waals surface area contributed by atoms with Gasteiger partial charge in [0.15, 0.2) is 0 Å². The fraction of sp³-hybridized carbons (Fsp3) is 0.0606. The highest BCUT2D eigenvalue weighted by molar-refractivity contribution is 6.02. The topological polar surface area (TPSA) is 44.6 Å². The van der Waals surface area contributed by atoms with E-state index in [0.717, 1.165) is 61.7 Å². The highest BCUT2D eigenvalue weighted by atomic mass is 16.3. The van der Waals surface area contributed by atoms with Gasteiger partial charge in [0.25, 0.3) is 0 Å². The number of aryl methyl sites for hydroxylation is 1. The number of benzene rings is 5. The molecule has 0 bridgehead atoms. The van der Waals surface area contributed by atoms with Crippen LogP contribution in [-0.2, 0) is 0 Å². The third-order valence-corrected chi connectivity index (χ3v) is 6.87. The Hall–Kier alpha value is -4.63. The third-order valence-electron chi connectivity index (χ3n) is 6.87. The van der Waals surface area contributed by atoms with E-state index >= 15 is 0 Å². The lowest BCUT2D eigenvalue weighted by Crippen LogP contribution is -1.95. The predicted octanol–water partition coefficient (Wildman–Crippen LogP) is 8.90. The molecule has 3 nitrogen and oxygen atoms in total. The molecule has 5 aromatic rings. The van der Waals surface area contributed by atoms with Gasteiger partial charge in [0.05, 0.1) is 11.4 Å². The molecule has 0 saturated carbocycles. The molecule has 174 valence electrons. The van der Waals surface area contributed by atoms with Gasteiger partial charge >= 0.3 is 0 Å². The van der Waals surface area contributed by atoms with E-state index in [2.05, 4.69) is 85.9 Å². The molecule has 0 spiro atoms. The Bertz CT molecular complexity index is 1630. The Morgan fingerprint density at radius 3 is 2.11 bits per heavy atom. The molecule has 0 fully saturated rings. The van der Waals surface area contributed by atoms with E-state index in [9.17, 15) is 5.11 Å². The number of fused-ring (bicyclic) bond motifs is 5. The van der Waals surface area contributed by atoms with Gasteiger partial charge in [-0.1, -0.05) is 84.9 Å². The van der Waals surface area contributed by atoms with Crippen molar-refractivity contribution >= 4 is 22.8 Å². The van der Waals surface area contributed by atoms with E-state index in [-0.39, 0.29) is 5.75 Å². The van der Waals surface area contributed by atoms with Crippen molar-refractivity contribution < 1.29 is 5.11 Å². The lowest BCUT2D eigenvalue weighted by Gasteiger charge is -2.13. The highest BCUT2D eigenvalue weighted by Gasteiger charge is 2.21. The first-order valence-electron chi connectivity index (χ1n) is 12.1. The van der Waals surface area contributed by atoms with Crippen LogP contribution in [0.25, 0.3) is 33.4 Å². The molecule has 1 aliphatic heterocycles. The number of anilines is 2. The molecule has 5 aromatic carbocycles. The van der Waals surface area contributed by atoms with Gasteiger partial charge in [0.1, 0.15) is 5.75 Å². The van der Waals surface area contributed by atoms with Gasteiger partial charge < -0.3 is 10.4 Å². The van der Waals surface area contributed by atoms with Crippen LogP contribution in [-0.4, -0.2) is 10.8 Å². The number of nitrogens with zero attached hydrogens (tertiary/aromatic N) is 1. The molecule has 0 saturated heterocycles. The summed E-state index contributed by atoms with van der Waals surface area (Å²) in [5.74, 6) is 0.248. The summed E-state index contributed by atoms with van der Waals surface area (Å²) in [5, 5.41) is 14.1. The lowest BCUT2D eigenvalue weighted by atomic mass is 9.92. The summed E-state index contributed by atoms with van der Waals surface area (Å²) in [4.78, 5) is 4.84. The Balaban J connectivity index is 1.39. The molecule has 0 radical (unpaired) electrons. The summed E-state index contributed by atoms with van der Waals surface area (Å²) in [6.45, 7) is 4.14. The number of aromatic hydroxyl groups is 1. The molecule has 1 heterocycles. The molecule has 36 heavy (non-hydrogen) atoms. The van der Waals surface area contributed by atoms with Gasteiger partial charge in [-0.25, -0.2) is 0 Å². The smallest absolute Gasteiger partial charge is 0.139 e. The maximum absolute atomic E-state index is 10.6. The monoisotopic (exact) mass is 466 g/mol. The van der Waals surface area contributed by atoms with E-state index < -0.39 is 0 Å². The van der Waals surface area contributed by atoms with Gasteiger partial charge in [-0.2, -0.15) is 0 Å². The number of phenols is 1. The largest absolute Gasteiger partial charge is 0.506 e. The van der Waals surface area contributed by atoms with Crippen molar-refractivity contribution in [3.8, 4) is 39.1 Å². The van der Waals surface area contributed by atoms with Crippen LogP contribution in [0.4, 0.5) is 17.1 Å². The molecule has 0 amide bonds. The minimum Gasteiger partial charge on any atom is -0.506 e. The second kappa shape index (κ2) is 8.86. The van der Waals surface area contributed by atoms with E-state index in [4.69, 9.17) is 4.99 Å². The van der Waals surface area contributed by atoms with E-state index in [0.29, 0.717) is 0 Å². The third kappa shape index (κ3) is 3.85. The fourth-order valence-corrected chi connectivity index (χ4v) is 4.88. The zero-order valence-electron chi connectivity index (χ0n) is 20.3. The SMILES string of the molecule is CC(=Nc1ccccc1C)c1ccc(-c2ccc3c(c2)-c2ccccc2-c2cccc(O)c2N3)cc1. The maximum Gasteiger partial charge on any atom is 0.139 e. The number of nitrogens with one attached hydrogen (secondary N) is 1. The number of rotatable bonds is 3. The molecule has 0 unspecified atom stereocenters. The summed E-state index contributed by atoms with van der Waals surface area (Å²) in [6, 6.07) is 37.3. The van der Waals surface area contributed by atoms with Crippen LogP contribution < -0.4 is 5.32 Å². The molecular formula is C33H26N2O. The van der Waals surface area contributed by atoms with Gasteiger partial charge in [-0.15, -0.1) is 0 Å². The Morgan fingerprint density at radius 2 is 1.33 bits per heavy atom. The Labute approximate surface area is 211 Å². The van der Waals surface area contributed by atoms with Crippen molar-refractivity contribution in [3.63, 3.8) is 0 Å². The normalized spacial score (nSPS) is 12.1. The molecule has 0 aromatic heterocycles. The van der Waals surface area contributed by atoms with E-state index in [1.807, 2.05) is 36.4 Å². The molecule has 6 rings (SSSR count). The predicted molar refractivity (Wildman–Crippen MR) is 151 cm³/mol. The van der Waals surface area contributed by atoms with E-state index in [1.54, 1.807) is 6.07 Å². The van der Waals surface area contributed by atoms with Gasteiger partial charge in [-0.3, -0.25) is 4.99 Å². The van der Waals surface area contributed by atoms with Gasteiger partial charge in [0, 0.05) is 22.5 Å². The first-order chi connectivity index (χ1) is 17.6.